The first-order valence-electron chi connectivity index (χ1n) is 6.63. The fourth-order valence-electron chi connectivity index (χ4n) is 2.26. The summed E-state index contributed by atoms with van der Waals surface area (Å²) in [4.78, 5) is 0. The van der Waals surface area contributed by atoms with E-state index in [-0.39, 0.29) is 6.61 Å². The van der Waals surface area contributed by atoms with Crippen LogP contribution in [0.5, 0.6) is 0 Å². The van der Waals surface area contributed by atoms with Crippen LogP contribution < -0.4 is 0 Å². The zero-order chi connectivity index (χ0) is 16.3. The molecule has 0 heterocycles. The Hall–Kier alpha value is -0.760. The topological polar surface area (TPSA) is 29.5 Å². The lowest BCUT2D eigenvalue weighted by atomic mass is 10.1. The molecule has 2 aliphatic carbocycles. The third-order valence-corrected chi connectivity index (χ3v) is 3.49. The van der Waals surface area contributed by atoms with Crippen LogP contribution in [-0.4, -0.2) is 36.3 Å². The minimum atomic E-state index is -5.85. The van der Waals surface area contributed by atoms with E-state index in [2.05, 4.69) is 16.9 Å². The lowest BCUT2D eigenvalue weighted by Gasteiger charge is -2.28. The maximum Gasteiger partial charge on any atom is 0.423 e. The molecule has 2 rings (SSSR count). The van der Waals surface area contributed by atoms with Crippen molar-refractivity contribution in [3.8, 4) is 0 Å². The molecule has 0 amide bonds. The van der Waals surface area contributed by atoms with E-state index in [1.54, 1.807) is 0 Å². The van der Waals surface area contributed by atoms with Gasteiger partial charge in [-0.1, -0.05) is 12.2 Å². The van der Waals surface area contributed by atoms with Gasteiger partial charge in [-0.15, -0.1) is 0 Å². The summed E-state index contributed by atoms with van der Waals surface area (Å²) >= 11 is 0. The Morgan fingerprint density at radius 3 is 1.76 bits per heavy atom. The lowest BCUT2D eigenvalue weighted by Crippen LogP contribution is -2.56. The highest BCUT2D eigenvalue weighted by Gasteiger charge is 2.71. The highest BCUT2D eigenvalue weighted by atomic mass is 19.3. The van der Waals surface area contributed by atoms with Gasteiger partial charge in [0.15, 0.2) is 0 Å². The molecule has 0 aliphatic heterocycles. The number of aliphatic hydroxyl groups is 1. The molecule has 1 saturated carbocycles. The summed E-state index contributed by atoms with van der Waals surface area (Å²) in [6.45, 7) is -0.985. The Kier molecular flexibility index (Phi) is 5.71. The van der Waals surface area contributed by atoms with E-state index >= 15 is 0 Å². The van der Waals surface area contributed by atoms with Gasteiger partial charge in [0.1, 0.15) is 6.61 Å². The SMILES string of the molecule is C1=CC2CCC1C2.CCOCC(F)(F)C(F)(F)C(O)(F)F. The van der Waals surface area contributed by atoms with Gasteiger partial charge in [0, 0.05) is 6.61 Å². The molecule has 0 aromatic heterocycles. The molecular formula is C13H18F6O2. The van der Waals surface area contributed by atoms with Gasteiger partial charge in [-0.25, -0.2) is 0 Å². The van der Waals surface area contributed by atoms with Crippen LogP contribution >= 0.6 is 0 Å². The molecule has 0 spiro atoms. The highest BCUT2D eigenvalue weighted by molar-refractivity contribution is 5.06. The Labute approximate surface area is 118 Å². The van der Waals surface area contributed by atoms with Crippen molar-refractivity contribution in [1.29, 1.82) is 0 Å². The summed E-state index contributed by atoms with van der Waals surface area (Å²) < 4.78 is 76.4. The van der Waals surface area contributed by atoms with Crippen LogP contribution in [0.15, 0.2) is 12.2 Å². The fraction of sp³-hybridized carbons (Fsp3) is 0.846. The van der Waals surface area contributed by atoms with Crippen molar-refractivity contribution in [3.63, 3.8) is 0 Å². The molecule has 1 fully saturated rings. The molecule has 124 valence electrons. The molecule has 0 aromatic carbocycles. The van der Waals surface area contributed by atoms with Crippen LogP contribution in [-0.2, 0) is 4.74 Å². The van der Waals surface area contributed by atoms with Crippen molar-refractivity contribution in [2.75, 3.05) is 13.2 Å². The number of alkyl halides is 6. The fourth-order valence-corrected chi connectivity index (χ4v) is 2.26. The molecule has 0 radical (unpaired) electrons. The van der Waals surface area contributed by atoms with Crippen molar-refractivity contribution in [2.45, 2.75) is 44.1 Å². The van der Waals surface area contributed by atoms with E-state index in [0.29, 0.717) is 0 Å². The minimum absolute atomic E-state index is 0.331. The van der Waals surface area contributed by atoms with Crippen LogP contribution in [0.1, 0.15) is 26.2 Å². The van der Waals surface area contributed by atoms with Gasteiger partial charge in [0.25, 0.3) is 0 Å². The summed E-state index contributed by atoms with van der Waals surface area (Å²) in [5.74, 6) is -8.99. The molecule has 0 aromatic rings. The zero-order valence-electron chi connectivity index (χ0n) is 11.5. The molecule has 2 unspecified atom stereocenters. The maximum atomic E-state index is 12.4. The Bertz CT molecular complexity index is 352. The van der Waals surface area contributed by atoms with Gasteiger partial charge >= 0.3 is 18.0 Å². The average Bonchev–Trinajstić information content (AvgIpc) is 3.00. The van der Waals surface area contributed by atoms with Crippen molar-refractivity contribution >= 4 is 0 Å². The van der Waals surface area contributed by atoms with Crippen LogP contribution in [0.4, 0.5) is 26.3 Å². The summed E-state index contributed by atoms with van der Waals surface area (Å²) in [6.07, 6.45) is 3.40. The van der Waals surface area contributed by atoms with Crippen LogP contribution in [0, 0.1) is 11.8 Å². The van der Waals surface area contributed by atoms with E-state index in [4.69, 9.17) is 5.11 Å². The molecule has 1 N–H and O–H groups in total. The number of rotatable bonds is 5. The second-order valence-electron chi connectivity index (χ2n) is 5.18. The molecule has 2 nitrogen and oxygen atoms in total. The standard InChI is InChI=1S/C7H10.C6H8F6O2/c1-2-7-4-3-6(1)5-7;1-2-14-3-4(7,8)5(9,10)6(11,12)13/h1-2,6-7H,3-5H2;13H,2-3H2,1H3. The number of hydrogen-bond donors (Lipinski definition) is 1. The van der Waals surface area contributed by atoms with Gasteiger partial charge in [0.05, 0.1) is 0 Å². The number of ether oxygens (including phenoxy) is 1. The lowest BCUT2D eigenvalue weighted by molar-refractivity contribution is -0.388. The second-order valence-corrected chi connectivity index (χ2v) is 5.18. The minimum Gasteiger partial charge on any atom is -0.375 e. The van der Waals surface area contributed by atoms with Gasteiger partial charge in [-0.3, -0.25) is 0 Å². The Morgan fingerprint density at radius 2 is 1.52 bits per heavy atom. The number of hydrogen-bond acceptors (Lipinski definition) is 2. The Morgan fingerprint density at radius 1 is 1.05 bits per heavy atom. The van der Waals surface area contributed by atoms with Gasteiger partial charge < -0.3 is 9.84 Å². The normalized spacial score (nSPS) is 25.0. The van der Waals surface area contributed by atoms with Crippen LogP contribution in [0.3, 0.4) is 0 Å². The van der Waals surface area contributed by atoms with Gasteiger partial charge in [0.2, 0.25) is 0 Å². The molecule has 2 atom stereocenters. The number of fused-ring (bicyclic) bond motifs is 2. The number of allylic oxidation sites excluding steroid dienone is 2. The summed E-state index contributed by atoms with van der Waals surface area (Å²) in [5, 5.41) is 7.56. The summed E-state index contributed by atoms with van der Waals surface area (Å²) in [5.41, 5.74) is 0. The smallest absolute Gasteiger partial charge is 0.375 e. The van der Waals surface area contributed by atoms with Crippen molar-refractivity contribution in [3.05, 3.63) is 12.2 Å². The monoisotopic (exact) mass is 320 g/mol. The average molecular weight is 320 g/mol. The highest BCUT2D eigenvalue weighted by Crippen LogP contribution is 2.44. The van der Waals surface area contributed by atoms with E-state index in [9.17, 15) is 26.3 Å². The second kappa shape index (κ2) is 6.56. The third kappa shape index (κ3) is 4.35. The molecule has 0 saturated heterocycles. The Balaban J connectivity index is 0.000000255. The first kappa shape index (κ1) is 18.3. The van der Waals surface area contributed by atoms with Crippen molar-refractivity contribution < 1.29 is 36.2 Å². The number of halogens is 6. The van der Waals surface area contributed by atoms with Crippen molar-refractivity contribution in [2.24, 2.45) is 11.8 Å². The molecule has 2 bridgehead atoms. The predicted molar refractivity (Wildman–Crippen MR) is 63.5 cm³/mol. The van der Waals surface area contributed by atoms with E-state index in [1.165, 1.54) is 26.2 Å². The van der Waals surface area contributed by atoms with Crippen LogP contribution in [0.2, 0.25) is 0 Å². The molecule has 21 heavy (non-hydrogen) atoms. The predicted octanol–water partition coefficient (Wildman–Crippen LogP) is 3.85. The summed E-state index contributed by atoms with van der Waals surface area (Å²) in [6, 6.07) is 0. The van der Waals surface area contributed by atoms with Crippen molar-refractivity contribution in [1.82, 2.24) is 0 Å². The molecule has 8 heteroatoms. The van der Waals surface area contributed by atoms with Crippen LogP contribution in [0.25, 0.3) is 0 Å². The van der Waals surface area contributed by atoms with Gasteiger partial charge in [-0.2, -0.15) is 26.3 Å². The third-order valence-electron chi connectivity index (χ3n) is 3.49. The first-order chi connectivity index (χ1) is 9.51. The van der Waals surface area contributed by atoms with E-state index in [0.717, 1.165) is 11.8 Å². The van der Waals surface area contributed by atoms with E-state index in [1.807, 2.05) is 0 Å². The molecule has 2 aliphatic rings. The maximum absolute atomic E-state index is 12.4. The quantitative estimate of drug-likeness (QED) is 0.616. The van der Waals surface area contributed by atoms with Gasteiger partial charge in [-0.05, 0) is 38.0 Å². The first-order valence-corrected chi connectivity index (χ1v) is 6.63. The van der Waals surface area contributed by atoms with E-state index < -0.39 is 24.6 Å². The molecular weight excluding hydrogens is 302 g/mol. The zero-order valence-corrected chi connectivity index (χ0v) is 11.5. The largest absolute Gasteiger partial charge is 0.423 e. The summed E-state index contributed by atoms with van der Waals surface area (Å²) in [7, 11) is 0.